The van der Waals surface area contributed by atoms with Crippen molar-refractivity contribution in [2.24, 2.45) is 21.8 Å². The van der Waals surface area contributed by atoms with E-state index in [4.69, 9.17) is 0 Å². The molecule has 92 valence electrons. The average Bonchev–Trinajstić information content (AvgIpc) is 2.16. The van der Waals surface area contributed by atoms with Crippen molar-refractivity contribution in [3.63, 3.8) is 0 Å². The Kier molecular flexibility index (Phi) is 3.51. The molecule has 0 bridgehead atoms. The first-order valence-corrected chi connectivity index (χ1v) is 6.18. The van der Waals surface area contributed by atoms with Crippen molar-refractivity contribution in [1.29, 1.82) is 0 Å². The first-order valence-electron chi connectivity index (χ1n) is 6.18. The highest BCUT2D eigenvalue weighted by Gasteiger charge is 2.30. The molecule has 1 aliphatic rings. The molecule has 0 fully saturated rings. The summed E-state index contributed by atoms with van der Waals surface area (Å²) in [6.45, 7) is 16.7. The van der Waals surface area contributed by atoms with E-state index >= 15 is 0 Å². The van der Waals surface area contributed by atoms with Gasteiger partial charge in [-0.2, -0.15) is 5.10 Å². The lowest BCUT2D eigenvalue weighted by molar-refractivity contribution is 0.301. The van der Waals surface area contributed by atoms with Gasteiger partial charge in [-0.1, -0.05) is 48.5 Å². The number of rotatable bonds is 2. The summed E-state index contributed by atoms with van der Waals surface area (Å²) < 4.78 is 0. The van der Waals surface area contributed by atoms with Gasteiger partial charge in [0.2, 0.25) is 0 Å². The molecule has 2 heteroatoms. The molecule has 16 heavy (non-hydrogen) atoms. The summed E-state index contributed by atoms with van der Waals surface area (Å²) in [7, 11) is 0. The molecule has 0 radical (unpaired) electrons. The molecular formula is C14H26N2. The lowest BCUT2D eigenvalue weighted by atomic mass is 9.73. The molecule has 1 rings (SSSR count). The molecule has 0 unspecified atom stereocenters. The number of nitrogens with one attached hydrogen (secondary N) is 1. The van der Waals surface area contributed by atoms with Gasteiger partial charge >= 0.3 is 0 Å². The van der Waals surface area contributed by atoms with E-state index in [0.717, 1.165) is 12.3 Å². The molecule has 0 aliphatic carbocycles. The molecule has 0 aromatic rings. The van der Waals surface area contributed by atoms with Gasteiger partial charge in [-0.15, -0.1) is 0 Å². The van der Waals surface area contributed by atoms with Crippen LogP contribution >= 0.6 is 0 Å². The molecular weight excluding hydrogens is 196 g/mol. The molecule has 2 nitrogen and oxygen atoms in total. The number of hydrogen-bond donors (Lipinski definition) is 1. The van der Waals surface area contributed by atoms with Gasteiger partial charge in [0.05, 0.1) is 12.3 Å². The van der Waals surface area contributed by atoms with Crippen LogP contribution in [0.4, 0.5) is 0 Å². The Morgan fingerprint density at radius 2 is 1.75 bits per heavy atom. The Hall–Kier alpha value is -0.790. The Labute approximate surface area is 100 Å². The third-order valence-corrected chi connectivity index (χ3v) is 3.82. The van der Waals surface area contributed by atoms with Crippen molar-refractivity contribution in [2.45, 2.75) is 48.5 Å². The van der Waals surface area contributed by atoms with Gasteiger partial charge < -0.3 is 5.43 Å². The molecule has 1 heterocycles. The summed E-state index contributed by atoms with van der Waals surface area (Å²) in [6, 6.07) is 0. The zero-order valence-corrected chi connectivity index (χ0v) is 11.8. The van der Waals surface area contributed by atoms with Gasteiger partial charge in [0.25, 0.3) is 0 Å². The number of hydrogen-bond acceptors (Lipinski definition) is 2. The predicted octanol–water partition coefficient (Wildman–Crippen LogP) is 3.60. The molecule has 1 aliphatic heterocycles. The minimum Gasteiger partial charge on any atom is -0.306 e. The van der Waals surface area contributed by atoms with E-state index in [0.29, 0.717) is 5.92 Å². The fraction of sp³-hybridized carbons (Fsp3) is 0.786. The molecule has 0 spiro atoms. The van der Waals surface area contributed by atoms with Gasteiger partial charge in [0, 0.05) is 5.41 Å². The van der Waals surface area contributed by atoms with Crippen LogP contribution in [0.15, 0.2) is 16.8 Å². The summed E-state index contributed by atoms with van der Waals surface area (Å²) in [5.74, 6) is 0.639. The molecule has 0 saturated heterocycles. The standard InChI is InChI=1S/C14H26N2/c1-10(2)14(6,7)11-8-12(13(3,4)5)16-15-9-11/h8,10,15H,9H2,1-7H3. The first-order chi connectivity index (χ1) is 7.15. The van der Waals surface area contributed by atoms with E-state index in [9.17, 15) is 0 Å². The second-order valence-corrected chi connectivity index (χ2v) is 6.63. The van der Waals surface area contributed by atoms with Crippen molar-refractivity contribution in [2.75, 3.05) is 6.54 Å². The van der Waals surface area contributed by atoms with E-state index in [1.54, 1.807) is 0 Å². The smallest absolute Gasteiger partial charge is 0.0656 e. The molecule has 0 aromatic heterocycles. The lowest BCUT2D eigenvalue weighted by Crippen LogP contribution is -2.34. The van der Waals surface area contributed by atoms with Crippen LogP contribution in [-0.2, 0) is 0 Å². The quantitative estimate of drug-likeness (QED) is 0.758. The summed E-state index contributed by atoms with van der Waals surface area (Å²) >= 11 is 0. The lowest BCUT2D eigenvalue weighted by Gasteiger charge is -2.35. The van der Waals surface area contributed by atoms with E-state index < -0.39 is 0 Å². The maximum Gasteiger partial charge on any atom is 0.0656 e. The zero-order chi connectivity index (χ0) is 12.6. The Bertz CT molecular complexity index is 314. The van der Waals surface area contributed by atoms with E-state index in [-0.39, 0.29) is 10.8 Å². The summed E-state index contributed by atoms with van der Waals surface area (Å²) in [4.78, 5) is 0. The van der Waals surface area contributed by atoms with Crippen molar-refractivity contribution >= 4 is 5.71 Å². The Balaban J connectivity index is 3.01. The first kappa shape index (κ1) is 13.3. The largest absolute Gasteiger partial charge is 0.306 e. The molecule has 0 aromatic carbocycles. The maximum atomic E-state index is 4.41. The minimum absolute atomic E-state index is 0.117. The topological polar surface area (TPSA) is 24.4 Å². The fourth-order valence-electron chi connectivity index (χ4n) is 1.63. The normalized spacial score (nSPS) is 18.0. The van der Waals surface area contributed by atoms with Gasteiger partial charge in [-0.25, -0.2) is 0 Å². The minimum atomic E-state index is 0.117. The summed E-state index contributed by atoms with van der Waals surface area (Å²) in [6.07, 6.45) is 2.29. The van der Waals surface area contributed by atoms with E-state index in [1.807, 2.05) is 0 Å². The van der Waals surface area contributed by atoms with Gasteiger partial charge in [-0.3, -0.25) is 0 Å². The zero-order valence-electron chi connectivity index (χ0n) is 11.8. The molecule has 0 atom stereocenters. The van der Waals surface area contributed by atoms with Crippen molar-refractivity contribution < 1.29 is 0 Å². The number of allylic oxidation sites excluding steroid dienone is 1. The van der Waals surface area contributed by atoms with Crippen molar-refractivity contribution in [3.05, 3.63) is 11.6 Å². The molecule has 0 saturated carbocycles. The average molecular weight is 222 g/mol. The van der Waals surface area contributed by atoms with Gasteiger partial charge in [-0.05, 0) is 23.0 Å². The second-order valence-electron chi connectivity index (χ2n) is 6.63. The Morgan fingerprint density at radius 3 is 2.19 bits per heavy atom. The van der Waals surface area contributed by atoms with Crippen LogP contribution in [0, 0.1) is 16.7 Å². The van der Waals surface area contributed by atoms with Crippen LogP contribution in [-0.4, -0.2) is 12.3 Å². The maximum absolute atomic E-state index is 4.41. The number of hydrazone groups is 1. The van der Waals surface area contributed by atoms with Crippen molar-refractivity contribution in [1.82, 2.24) is 5.43 Å². The van der Waals surface area contributed by atoms with Crippen LogP contribution in [0.5, 0.6) is 0 Å². The van der Waals surface area contributed by atoms with Crippen LogP contribution < -0.4 is 5.43 Å². The third-order valence-electron chi connectivity index (χ3n) is 3.82. The highest BCUT2D eigenvalue weighted by atomic mass is 15.3. The van der Waals surface area contributed by atoms with Crippen LogP contribution in [0.3, 0.4) is 0 Å². The Morgan fingerprint density at radius 1 is 1.19 bits per heavy atom. The second kappa shape index (κ2) is 4.23. The molecule has 1 N–H and O–H groups in total. The van der Waals surface area contributed by atoms with Crippen molar-refractivity contribution in [3.8, 4) is 0 Å². The SMILES string of the molecule is CC(C)C(C)(C)C1=CC(C(C)(C)C)=NNC1. The van der Waals surface area contributed by atoms with Crippen LogP contribution in [0.1, 0.15) is 48.5 Å². The fourth-order valence-corrected chi connectivity index (χ4v) is 1.63. The number of nitrogens with zero attached hydrogens (tertiary/aromatic N) is 1. The van der Waals surface area contributed by atoms with Crippen LogP contribution in [0.25, 0.3) is 0 Å². The van der Waals surface area contributed by atoms with E-state index in [2.05, 4.69) is 65.1 Å². The van der Waals surface area contributed by atoms with Gasteiger partial charge in [0.1, 0.15) is 0 Å². The highest BCUT2D eigenvalue weighted by molar-refractivity contribution is 6.00. The van der Waals surface area contributed by atoms with Gasteiger partial charge in [0.15, 0.2) is 0 Å². The molecule has 0 amide bonds. The summed E-state index contributed by atoms with van der Waals surface area (Å²) in [5.41, 5.74) is 6.14. The third kappa shape index (κ3) is 2.66. The monoisotopic (exact) mass is 222 g/mol. The van der Waals surface area contributed by atoms with E-state index in [1.165, 1.54) is 5.57 Å². The highest BCUT2D eigenvalue weighted by Crippen LogP contribution is 2.36. The predicted molar refractivity (Wildman–Crippen MR) is 71.6 cm³/mol. The summed E-state index contributed by atoms with van der Waals surface area (Å²) in [5, 5.41) is 4.41. The van der Waals surface area contributed by atoms with Crippen LogP contribution in [0.2, 0.25) is 0 Å².